The number of halogens is 2. The molecule has 0 amide bonds. The van der Waals surface area contributed by atoms with Gasteiger partial charge in [-0.25, -0.2) is 0 Å². The molecule has 14 heavy (non-hydrogen) atoms. The van der Waals surface area contributed by atoms with Crippen LogP contribution in [0.3, 0.4) is 0 Å². The molecule has 0 aromatic heterocycles. The van der Waals surface area contributed by atoms with Gasteiger partial charge in [-0.2, -0.15) is 0 Å². The average molecular weight is 231 g/mol. The van der Waals surface area contributed by atoms with E-state index < -0.39 is 10.5 Å². The van der Waals surface area contributed by atoms with Gasteiger partial charge < -0.3 is 0 Å². The Kier molecular flexibility index (Phi) is 3.29. The highest BCUT2D eigenvalue weighted by molar-refractivity contribution is 6.69. The van der Waals surface area contributed by atoms with E-state index in [0.717, 1.165) is 5.56 Å². The van der Waals surface area contributed by atoms with Crippen LogP contribution in [0.5, 0.6) is 0 Å². The molecule has 0 aliphatic carbocycles. The SMILES string of the molecule is Cc1ccc(C(=O)Cl)c(C)c1C(=O)Cl. The van der Waals surface area contributed by atoms with Gasteiger partial charge in [0.1, 0.15) is 0 Å². The molecule has 1 aromatic rings. The van der Waals surface area contributed by atoms with Crippen LogP contribution in [0.4, 0.5) is 0 Å². The molecule has 74 valence electrons. The highest BCUT2D eigenvalue weighted by Gasteiger charge is 2.15. The van der Waals surface area contributed by atoms with Gasteiger partial charge in [-0.15, -0.1) is 0 Å². The van der Waals surface area contributed by atoms with Crippen LogP contribution in [0.1, 0.15) is 31.8 Å². The van der Waals surface area contributed by atoms with E-state index in [1.807, 2.05) is 0 Å². The summed E-state index contributed by atoms with van der Waals surface area (Å²) in [6, 6.07) is 3.24. The van der Waals surface area contributed by atoms with Gasteiger partial charge in [-0.3, -0.25) is 9.59 Å². The Hall–Kier alpha value is -0.860. The zero-order valence-corrected chi connectivity index (χ0v) is 9.24. The molecule has 0 unspecified atom stereocenters. The van der Waals surface area contributed by atoms with Gasteiger partial charge in [0.05, 0.1) is 0 Å². The first-order valence-electron chi connectivity index (χ1n) is 3.95. The average Bonchev–Trinajstić information content (AvgIpc) is 2.02. The summed E-state index contributed by atoms with van der Waals surface area (Å²) in [5, 5.41) is -1.15. The van der Waals surface area contributed by atoms with E-state index in [4.69, 9.17) is 23.2 Å². The Morgan fingerprint density at radius 2 is 1.64 bits per heavy atom. The van der Waals surface area contributed by atoms with Gasteiger partial charge in [-0.1, -0.05) is 6.07 Å². The number of aryl methyl sites for hydroxylation is 1. The van der Waals surface area contributed by atoms with E-state index in [9.17, 15) is 9.59 Å². The fraction of sp³-hybridized carbons (Fsp3) is 0.200. The molecule has 0 aliphatic rings. The Bertz CT molecular complexity index is 411. The van der Waals surface area contributed by atoms with Gasteiger partial charge in [0, 0.05) is 11.1 Å². The van der Waals surface area contributed by atoms with E-state index in [1.54, 1.807) is 26.0 Å². The molecule has 0 fully saturated rings. The molecule has 0 heterocycles. The van der Waals surface area contributed by atoms with Crippen molar-refractivity contribution in [1.29, 1.82) is 0 Å². The summed E-state index contributed by atoms with van der Waals surface area (Å²) >= 11 is 10.7. The minimum atomic E-state index is -0.582. The Balaban J connectivity index is 3.49. The highest BCUT2D eigenvalue weighted by Crippen LogP contribution is 2.21. The van der Waals surface area contributed by atoms with Crippen LogP contribution < -0.4 is 0 Å². The van der Waals surface area contributed by atoms with Crippen LogP contribution in [0.2, 0.25) is 0 Å². The molecule has 4 heteroatoms. The summed E-state index contributed by atoms with van der Waals surface area (Å²) in [7, 11) is 0. The number of benzene rings is 1. The van der Waals surface area contributed by atoms with Gasteiger partial charge in [0.25, 0.3) is 10.5 Å². The van der Waals surface area contributed by atoms with Crippen LogP contribution in [-0.4, -0.2) is 10.5 Å². The van der Waals surface area contributed by atoms with Crippen LogP contribution in [0.25, 0.3) is 0 Å². The monoisotopic (exact) mass is 230 g/mol. The molecule has 0 bridgehead atoms. The molecule has 2 nitrogen and oxygen atoms in total. The second-order valence-corrected chi connectivity index (χ2v) is 3.66. The summed E-state index contributed by atoms with van der Waals surface area (Å²) in [5.41, 5.74) is 1.95. The van der Waals surface area contributed by atoms with Gasteiger partial charge in [-0.05, 0) is 54.2 Å². The maximum atomic E-state index is 11.1. The van der Waals surface area contributed by atoms with E-state index in [-0.39, 0.29) is 0 Å². The van der Waals surface area contributed by atoms with Crippen LogP contribution in [-0.2, 0) is 0 Å². The highest BCUT2D eigenvalue weighted by atomic mass is 35.5. The fourth-order valence-electron chi connectivity index (χ4n) is 1.36. The normalized spacial score (nSPS) is 10.0. The van der Waals surface area contributed by atoms with Crippen molar-refractivity contribution in [2.24, 2.45) is 0 Å². The van der Waals surface area contributed by atoms with E-state index in [1.165, 1.54) is 0 Å². The standard InChI is InChI=1S/C10H8Cl2O2/c1-5-3-4-7(9(11)13)6(2)8(5)10(12)14/h3-4H,1-2H3. The lowest BCUT2D eigenvalue weighted by Crippen LogP contribution is -2.03. The molecule has 0 spiro atoms. The fourth-order valence-corrected chi connectivity index (χ4v) is 1.86. The van der Waals surface area contributed by atoms with Crippen molar-refractivity contribution < 1.29 is 9.59 Å². The molecule has 0 N–H and O–H groups in total. The Morgan fingerprint density at radius 1 is 1.07 bits per heavy atom. The lowest BCUT2D eigenvalue weighted by atomic mass is 9.99. The van der Waals surface area contributed by atoms with Crippen molar-refractivity contribution in [3.63, 3.8) is 0 Å². The summed E-state index contributed by atoms with van der Waals surface area (Å²) < 4.78 is 0. The Morgan fingerprint density at radius 3 is 2.07 bits per heavy atom. The number of carbonyl (C=O) groups excluding carboxylic acids is 2. The molecular weight excluding hydrogens is 223 g/mol. The molecule has 0 saturated heterocycles. The number of hydrogen-bond donors (Lipinski definition) is 0. The molecule has 0 aliphatic heterocycles. The van der Waals surface area contributed by atoms with Crippen LogP contribution in [0.15, 0.2) is 12.1 Å². The summed E-state index contributed by atoms with van der Waals surface area (Å²) in [4.78, 5) is 22.0. The first-order chi connectivity index (χ1) is 6.45. The van der Waals surface area contributed by atoms with Crippen molar-refractivity contribution in [1.82, 2.24) is 0 Å². The molecule has 0 radical (unpaired) electrons. The van der Waals surface area contributed by atoms with Crippen molar-refractivity contribution in [3.8, 4) is 0 Å². The number of rotatable bonds is 2. The minimum Gasteiger partial charge on any atom is -0.276 e. The summed E-state index contributed by atoms with van der Waals surface area (Å²) in [6.07, 6.45) is 0. The zero-order chi connectivity index (χ0) is 10.9. The maximum absolute atomic E-state index is 11.1. The molecule has 0 saturated carbocycles. The number of carbonyl (C=O) groups is 2. The van der Waals surface area contributed by atoms with E-state index >= 15 is 0 Å². The third-order valence-electron chi connectivity index (χ3n) is 2.08. The first kappa shape index (κ1) is 11.2. The largest absolute Gasteiger partial charge is 0.276 e. The van der Waals surface area contributed by atoms with Gasteiger partial charge >= 0.3 is 0 Å². The Labute approximate surface area is 91.8 Å². The minimum absolute atomic E-state index is 0.321. The van der Waals surface area contributed by atoms with Gasteiger partial charge in [0.15, 0.2) is 0 Å². The predicted octanol–water partition coefficient (Wildman–Crippen LogP) is 3.06. The smallest absolute Gasteiger partial charge is 0.252 e. The molecule has 1 rings (SSSR count). The zero-order valence-electron chi connectivity index (χ0n) is 7.73. The predicted molar refractivity (Wildman–Crippen MR) is 56.3 cm³/mol. The third-order valence-corrected chi connectivity index (χ3v) is 2.47. The molecule has 0 atom stereocenters. The van der Waals surface area contributed by atoms with Crippen molar-refractivity contribution >= 4 is 33.7 Å². The van der Waals surface area contributed by atoms with Crippen molar-refractivity contribution in [2.45, 2.75) is 13.8 Å². The lowest BCUT2D eigenvalue weighted by molar-refractivity contribution is 0.107. The van der Waals surface area contributed by atoms with Crippen LogP contribution >= 0.6 is 23.2 Å². The van der Waals surface area contributed by atoms with Crippen molar-refractivity contribution in [3.05, 3.63) is 34.4 Å². The lowest BCUT2D eigenvalue weighted by Gasteiger charge is -2.07. The maximum Gasteiger partial charge on any atom is 0.252 e. The second kappa shape index (κ2) is 4.11. The van der Waals surface area contributed by atoms with Gasteiger partial charge in [0.2, 0.25) is 0 Å². The van der Waals surface area contributed by atoms with Crippen molar-refractivity contribution in [2.75, 3.05) is 0 Å². The van der Waals surface area contributed by atoms with E-state index in [2.05, 4.69) is 0 Å². The first-order valence-corrected chi connectivity index (χ1v) is 4.70. The van der Waals surface area contributed by atoms with Crippen LogP contribution in [0, 0.1) is 13.8 Å². The van der Waals surface area contributed by atoms with E-state index in [0.29, 0.717) is 16.7 Å². The summed E-state index contributed by atoms with van der Waals surface area (Å²) in [5.74, 6) is 0. The molecular formula is C10H8Cl2O2. The third kappa shape index (κ3) is 1.97. The second-order valence-electron chi connectivity index (χ2n) is 2.98. The summed E-state index contributed by atoms with van der Waals surface area (Å²) in [6.45, 7) is 3.41. The molecule has 1 aromatic carbocycles. The topological polar surface area (TPSA) is 34.1 Å². The number of hydrogen-bond acceptors (Lipinski definition) is 2. The quantitative estimate of drug-likeness (QED) is 0.733.